The first kappa shape index (κ1) is 20.6. The Bertz CT molecular complexity index is 734. The monoisotopic (exact) mass is 375 g/mol. The minimum Gasteiger partial charge on any atom is -0.303 e. The molecule has 0 N–H and O–H groups in total. The zero-order valence-electron chi connectivity index (χ0n) is 16.1. The molecule has 5 heteroatoms. The summed E-state index contributed by atoms with van der Waals surface area (Å²) in [6.45, 7) is 4.98. The summed E-state index contributed by atoms with van der Waals surface area (Å²) in [4.78, 5) is 2.13. The minimum atomic E-state index is -3.47. The molecule has 0 aliphatic heterocycles. The Morgan fingerprint density at radius 3 is 1.85 bits per heavy atom. The molecule has 4 nitrogen and oxygen atoms in total. The van der Waals surface area contributed by atoms with Gasteiger partial charge in [-0.2, -0.15) is 8.42 Å². The zero-order chi connectivity index (χ0) is 19.2. The smallest absolute Gasteiger partial charge is 0.264 e. The second kappa shape index (κ2) is 8.80. The molecule has 2 aromatic rings. The molecule has 0 unspecified atom stereocenters. The molecular weight excluding hydrogens is 346 g/mol. The molecule has 26 heavy (non-hydrogen) atoms. The topological polar surface area (TPSA) is 46.6 Å². The van der Waals surface area contributed by atoms with Crippen LogP contribution in [0.1, 0.15) is 37.3 Å². The molecule has 2 rings (SSSR count). The molecule has 0 spiro atoms. The van der Waals surface area contributed by atoms with E-state index in [0.29, 0.717) is 12.5 Å². The summed E-state index contributed by atoms with van der Waals surface area (Å²) >= 11 is 0. The molecule has 0 aliphatic rings. The van der Waals surface area contributed by atoms with Crippen molar-refractivity contribution in [1.29, 1.82) is 0 Å². The van der Waals surface area contributed by atoms with E-state index >= 15 is 0 Å². The van der Waals surface area contributed by atoms with Gasteiger partial charge in [0.2, 0.25) is 0 Å². The third kappa shape index (κ3) is 6.90. The molecule has 0 bridgehead atoms. The predicted octanol–water partition coefficient (Wildman–Crippen LogP) is 3.90. The highest BCUT2D eigenvalue weighted by Gasteiger charge is 2.26. The summed E-state index contributed by atoms with van der Waals surface area (Å²) in [6.07, 6.45) is 2.04. The van der Waals surface area contributed by atoms with E-state index in [1.54, 1.807) is 13.8 Å². The molecule has 0 radical (unpaired) electrons. The molecule has 0 aromatic heterocycles. The molecular formula is C21H29NO3S. The van der Waals surface area contributed by atoms with Crippen LogP contribution in [-0.4, -0.2) is 45.3 Å². The lowest BCUT2D eigenvalue weighted by Gasteiger charge is -2.30. The maximum absolute atomic E-state index is 11.4. The maximum atomic E-state index is 11.4. The molecule has 2 aromatic carbocycles. The normalized spacial score (nSPS) is 12.7. The van der Waals surface area contributed by atoms with Crippen molar-refractivity contribution in [2.75, 3.05) is 26.4 Å². The van der Waals surface area contributed by atoms with Gasteiger partial charge in [-0.05, 0) is 45.0 Å². The molecule has 0 saturated carbocycles. The summed E-state index contributed by atoms with van der Waals surface area (Å²) in [5.41, 5.74) is 1.83. The van der Waals surface area contributed by atoms with Gasteiger partial charge in [-0.15, -0.1) is 0 Å². The van der Waals surface area contributed by atoms with Crippen LogP contribution in [0.25, 0.3) is 0 Å². The standard InChI is InChI=1S/C21H29NO3S/c1-21(2,25-26(4,23)24)17-22(3)16-15-20(18-11-7-5-8-12-18)19-13-9-6-10-14-19/h5-14,20H,15-17H2,1-4H3. The maximum Gasteiger partial charge on any atom is 0.264 e. The van der Waals surface area contributed by atoms with Crippen LogP contribution < -0.4 is 0 Å². The first-order valence-electron chi connectivity index (χ1n) is 8.85. The van der Waals surface area contributed by atoms with E-state index in [-0.39, 0.29) is 0 Å². The molecule has 0 atom stereocenters. The van der Waals surface area contributed by atoms with Crippen LogP contribution in [0.3, 0.4) is 0 Å². The van der Waals surface area contributed by atoms with Crippen molar-refractivity contribution in [1.82, 2.24) is 4.90 Å². The lowest BCUT2D eigenvalue weighted by molar-refractivity contribution is 0.0763. The van der Waals surface area contributed by atoms with Crippen LogP contribution in [0.15, 0.2) is 60.7 Å². The lowest BCUT2D eigenvalue weighted by Crippen LogP contribution is -2.40. The van der Waals surface area contributed by atoms with Crippen molar-refractivity contribution in [2.45, 2.75) is 31.8 Å². The Morgan fingerprint density at radius 1 is 0.962 bits per heavy atom. The Hall–Kier alpha value is -1.69. The third-order valence-electron chi connectivity index (χ3n) is 4.23. The van der Waals surface area contributed by atoms with Crippen LogP contribution in [0.2, 0.25) is 0 Å². The summed E-state index contributed by atoms with van der Waals surface area (Å²) in [6, 6.07) is 21.0. The van der Waals surface area contributed by atoms with Crippen molar-refractivity contribution >= 4 is 10.1 Å². The van der Waals surface area contributed by atoms with Gasteiger partial charge in [0.25, 0.3) is 10.1 Å². The number of rotatable bonds is 9. The fourth-order valence-electron chi connectivity index (χ4n) is 3.41. The number of hydrogen-bond acceptors (Lipinski definition) is 4. The van der Waals surface area contributed by atoms with Crippen molar-refractivity contribution in [3.63, 3.8) is 0 Å². The van der Waals surface area contributed by atoms with E-state index in [2.05, 4.69) is 53.4 Å². The highest BCUT2D eigenvalue weighted by atomic mass is 32.2. The summed E-state index contributed by atoms with van der Waals surface area (Å²) in [7, 11) is -1.47. The first-order chi connectivity index (χ1) is 12.2. The second-order valence-electron chi connectivity index (χ2n) is 7.45. The molecule has 0 saturated heterocycles. The second-order valence-corrected chi connectivity index (χ2v) is 9.02. The SMILES string of the molecule is CN(CCC(c1ccccc1)c1ccccc1)CC(C)(C)OS(C)(=O)=O. The van der Waals surface area contributed by atoms with Crippen LogP contribution in [-0.2, 0) is 14.3 Å². The van der Waals surface area contributed by atoms with Gasteiger partial charge >= 0.3 is 0 Å². The fraction of sp³-hybridized carbons (Fsp3) is 0.429. The van der Waals surface area contributed by atoms with Crippen LogP contribution in [0, 0.1) is 0 Å². The highest BCUT2D eigenvalue weighted by Crippen LogP contribution is 2.28. The highest BCUT2D eigenvalue weighted by molar-refractivity contribution is 7.86. The van der Waals surface area contributed by atoms with Gasteiger partial charge in [-0.1, -0.05) is 60.7 Å². The van der Waals surface area contributed by atoms with Gasteiger partial charge in [0.15, 0.2) is 0 Å². The van der Waals surface area contributed by atoms with E-state index in [0.717, 1.165) is 19.2 Å². The molecule has 0 fully saturated rings. The molecule has 0 heterocycles. The summed E-state index contributed by atoms with van der Waals surface area (Å²) < 4.78 is 28.0. The van der Waals surface area contributed by atoms with Crippen molar-refractivity contribution in [3.8, 4) is 0 Å². The van der Waals surface area contributed by atoms with Gasteiger partial charge in [0.05, 0.1) is 11.9 Å². The molecule has 0 aliphatic carbocycles. The van der Waals surface area contributed by atoms with E-state index < -0.39 is 15.7 Å². The van der Waals surface area contributed by atoms with Crippen molar-refractivity contribution < 1.29 is 12.6 Å². The third-order valence-corrected chi connectivity index (χ3v) is 4.98. The number of hydrogen-bond donors (Lipinski definition) is 0. The van der Waals surface area contributed by atoms with Crippen LogP contribution >= 0.6 is 0 Å². The zero-order valence-corrected chi connectivity index (χ0v) is 16.9. The summed E-state index contributed by atoms with van der Waals surface area (Å²) in [5.74, 6) is 0.304. The van der Waals surface area contributed by atoms with Gasteiger partial charge in [0, 0.05) is 12.5 Å². The Kier molecular flexibility index (Phi) is 6.98. The van der Waals surface area contributed by atoms with Gasteiger partial charge in [-0.25, -0.2) is 0 Å². The quantitative estimate of drug-likeness (QED) is 0.624. The van der Waals surface area contributed by atoms with Gasteiger partial charge < -0.3 is 4.90 Å². The number of benzene rings is 2. The summed E-state index contributed by atoms with van der Waals surface area (Å²) in [5, 5.41) is 0. The molecule has 142 valence electrons. The average molecular weight is 376 g/mol. The van der Waals surface area contributed by atoms with E-state index in [4.69, 9.17) is 4.18 Å². The van der Waals surface area contributed by atoms with E-state index in [1.165, 1.54) is 11.1 Å². The Balaban J connectivity index is 2.05. The largest absolute Gasteiger partial charge is 0.303 e. The van der Waals surface area contributed by atoms with E-state index in [1.807, 2.05) is 19.2 Å². The Labute approximate surface area is 157 Å². The van der Waals surface area contributed by atoms with Crippen molar-refractivity contribution in [2.24, 2.45) is 0 Å². The average Bonchev–Trinajstić information content (AvgIpc) is 2.54. The van der Waals surface area contributed by atoms with Crippen LogP contribution in [0.5, 0.6) is 0 Å². The fourth-order valence-corrected chi connectivity index (χ4v) is 4.28. The van der Waals surface area contributed by atoms with Crippen LogP contribution in [0.4, 0.5) is 0 Å². The van der Waals surface area contributed by atoms with Gasteiger partial charge in [0.1, 0.15) is 0 Å². The first-order valence-corrected chi connectivity index (χ1v) is 10.7. The molecule has 0 amide bonds. The van der Waals surface area contributed by atoms with Crippen molar-refractivity contribution in [3.05, 3.63) is 71.8 Å². The van der Waals surface area contributed by atoms with E-state index in [9.17, 15) is 8.42 Å². The lowest BCUT2D eigenvalue weighted by atomic mass is 9.88. The minimum absolute atomic E-state index is 0.304. The number of likely N-dealkylation sites (N-methyl/N-ethyl adjacent to an activating group) is 1. The predicted molar refractivity (Wildman–Crippen MR) is 107 cm³/mol. The number of nitrogens with zero attached hydrogens (tertiary/aromatic N) is 1. The Morgan fingerprint density at radius 2 is 1.42 bits per heavy atom. The van der Waals surface area contributed by atoms with Gasteiger partial charge in [-0.3, -0.25) is 4.18 Å².